The molecule has 29 heavy (non-hydrogen) atoms. The number of hydrogen-bond donors (Lipinski definition) is 1. The van der Waals surface area contributed by atoms with Crippen molar-refractivity contribution in [1.29, 1.82) is 0 Å². The number of carbonyl (C=O) groups is 1. The van der Waals surface area contributed by atoms with Crippen LogP contribution in [-0.4, -0.2) is 43.5 Å². The second-order valence-corrected chi connectivity index (χ2v) is 8.74. The Morgan fingerprint density at radius 3 is 2.76 bits per heavy atom. The lowest BCUT2D eigenvalue weighted by Gasteiger charge is -2.32. The summed E-state index contributed by atoms with van der Waals surface area (Å²) < 4.78 is 2.71. The molecule has 150 valence electrons. The normalized spacial score (nSPS) is 17.6. The van der Waals surface area contributed by atoms with Crippen LogP contribution in [0.4, 0.5) is 5.82 Å². The van der Waals surface area contributed by atoms with E-state index in [1.165, 1.54) is 0 Å². The van der Waals surface area contributed by atoms with Crippen LogP contribution < -0.4 is 5.32 Å². The van der Waals surface area contributed by atoms with E-state index >= 15 is 0 Å². The lowest BCUT2D eigenvalue weighted by molar-refractivity contribution is -0.133. The van der Waals surface area contributed by atoms with Gasteiger partial charge in [0.1, 0.15) is 5.82 Å². The SMILES string of the molecule is O=C(C1CC1)N1CCC(c2cc(NCc3cccnc3)n3ncc(Br)c3n2)CC1. The van der Waals surface area contributed by atoms with Crippen LogP contribution in [0.25, 0.3) is 5.65 Å². The predicted molar refractivity (Wildman–Crippen MR) is 114 cm³/mol. The average molecular weight is 455 g/mol. The van der Waals surface area contributed by atoms with Crippen molar-refractivity contribution in [3.05, 3.63) is 52.5 Å². The number of aromatic nitrogens is 4. The molecule has 5 rings (SSSR count). The van der Waals surface area contributed by atoms with Crippen LogP contribution in [0.5, 0.6) is 0 Å². The van der Waals surface area contributed by atoms with Crippen LogP contribution in [0.15, 0.2) is 41.3 Å². The monoisotopic (exact) mass is 454 g/mol. The number of likely N-dealkylation sites (tertiary alicyclic amines) is 1. The quantitative estimate of drug-likeness (QED) is 0.636. The first-order valence-corrected chi connectivity index (χ1v) is 10.9. The molecule has 0 unspecified atom stereocenters. The maximum absolute atomic E-state index is 12.3. The van der Waals surface area contributed by atoms with Crippen molar-refractivity contribution >= 4 is 33.3 Å². The summed E-state index contributed by atoms with van der Waals surface area (Å²) in [5.74, 6) is 1.91. The molecule has 0 spiro atoms. The predicted octanol–water partition coefficient (Wildman–Crippen LogP) is 3.61. The third kappa shape index (κ3) is 3.85. The fourth-order valence-corrected chi connectivity index (χ4v) is 4.32. The van der Waals surface area contributed by atoms with E-state index in [9.17, 15) is 4.79 Å². The molecule has 0 aromatic carbocycles. The van der Waals surface area contributed by atoms with Crippen molar-refractivity contribution in [3.63, 3.8) is 0 Å². The van der Waals surface area contributed by atoms with Crippen LogP contribution in [0.1, 0.15) is 42.9 Å². The van der Waals surface area contributed by atoms with Gasteiger partial charge in [-0.1, -0.05) is 6.07 Å². The van der Waals surface area contributed by atoms with Gasteiger partial charge in [-0.05, 0) is 53.2 Å². The molecule has 7 nitrogen and oxygen atoms in total. The number of pyridine rings is 1. The van der Waals surface area contributed by atoms with Gasteiger partial charge in [-0.15, -0.1) is 0 Å². The molecule has 2 fully saturated rings. The first-order chi connectivity index (χ1) is 14.2. The number of anilines is 1. The van der Waals surface area contributed by atoms with Gasteiger partial charge in [-0.2, -0.15) is 9.61 Å². The molecule has 0 bridgehead atoms. The van der Waals surface area contributed by atoms with E-state index in [0.717, 1.165) is 66.0 Å². The molecule has 1 amide bonds. The van der Waals surface area contributed by atoms with Gasteiger partial charge in [-0.25, -0.2) is 4.98 Å². The van der Waals surface area contributed by atoms with Crippen LogP contribution >= 0.6 is 15.9 Å². The molecule has 3 aromatic rings. The van der Waals surface area contributed by atoms with E-state index in [0.29, 0.717) is 24.3 Å². The number of hydrogen-bond acceptors (Lipinski definition) is 5. The number of fused-ring (bicyclic) bond motifs is 1. The standard InChI is InChI=1S/C21H23BrN6O/c22-17-13-25-28-19(24-12-14-2-1-7-23-11-14)10-18(26-20(17)28)15-5-8-27(9-6-15)21(29)16-3-4-16/h1-2,7,10-11,13,15-16,24H,3-6,8-9,12H2. The molecule has 3 aromatic heterocycles. The molecule has 8 heteroatoms. The van der Waals surface area contributed by atoms with Gasteiger partial charge in [0.15, 0.2) is 5.65 Å². The minimum Gasteiger partial charge on any atom is -0.366 e. The summed E-state index contributed by atoms with van der Waals surface area (Å²) in [4.78, 5) is 23.5. The smallest absolute Gasteiger partial charge is 0.225 e. The van der Waals surface area contributed by atoms with Crippen molar-refractivity contribution in [2.75, 3.05) is 18.4 Å². The summed E-state index contributed by atoms with van der Waals surface area (Å²) >= 11 is 3.57. The van der Waals surface area contributed by atoms with Crippen molar-refractivity contribution in [3.8, 4) is 0 Å². The number of halogens is 1. The molecule has 1 saturated carbocycles. The molecule has 4 heterocycles. The van der Waals surface area contributed by atoms with Gasteiger partial charge in [0.05, 0.1) is 10.7 Å². The fourth-order valence-electron chi connectivity index (χ4n) is 3.97. The first-order valence-electron chi connectivity index (χ1n) is 10.1. The van der Waals surface area contributed by atoms with Gasteiger partial charge >= 0.3 is 0 Å². The summed E-state index contributed by atoms with van der Waals surface area (Å²) in [6, 6.07) is 6.09. The van der Waals surface area contributed by atoms with E-state index in [1.54, 1.807) is 12.4 Å². The van der Waals surface area contributed by atoms with Gasteiger partial charge < -0.3 is 10.2 Å². The third-order valence-corrected chi connectivity index (χ3v) is 6.36. The number of rotatable bonds is 5. The molecule has 1 saturated heterocycles. The highest BCUT2D eigenvalue weighted by Crippen LogP contribution is 2.35. The Morgan fingerprint density at radius 2 is 2.03 bits per heavy atom. The van der Waals surface area contributed by atoms with Crippen molar-refractivity contribution in [2.24, 2.45) is 5.92 Å². The topological polar surface area (TPSA) is 75.4 Å². The van der Waals surface area contributed by atoms with Gasteiger partial charge in [0.25, 0.3) is 0 Å². The zero-order valence-electron chi connectivity index (χ0n) is 16.1. The number of nitrogens with zero attached hydrogens (tertiary/aromatic N) is 5. The number of nitrogens with one attached hydrogen (secondary N) is 1. The Bertz CT molecular complexity index is 1020. The maximum atomic E-state index is 12.3. The van der Waals surface area contributed by atoms with E-state index in [4.69, 9.17) is 4.98 Å². The summed E-state index contributed by atoms with van der Waals surface area (Å²) in [5, 5.41) is 7.94. The minimum absolute atomic E-state index is 0.298. The minimum atomic E-state index is 0.298. The number of amides is 1. The zero-order valence-corrected chi connectivity index (χ0v) is 17.7. The molecule has 2 aliphatic rings. The van der Waals surface area contributed by atoms with Gasteiger partial charge in [-0.3, -0.25) is 9.78 Å². The molecule has 0 radical (unpaired) electrons. The lowest BCUT2D eigenvalue weighted by Crippen LogP contribution is -2.38. The highest BCUT2D eigenvalue weighted by molar-refractivity contribution is 9.10. The molecule has 1 N–H and O–H groups in total. The molecule has 0 atom stereocenters. The third-order valence-electron chi connectivity index (χ3n) is 5.80. The molecular formula is C21H23BrN6O. The maximum Gasteiger partial charge on any atom is 0.225 e. The second kappa shape index (κ2) is 7.74. The van der Waals surface area contributed by atoms with Crippen LogP contribution in [-0.2, 0) is 11.3 Å². The Kier molecular flexibility index (Phi) is 4.95. The Morgan fingerprint density at radius 1 is 1.21 bits per heavy atom. The number of carbonyl (C=O) groups excluding carboxylic acids is 1. The fraction of sp³-hybridized carbons (Fsp3) is 0.429. The Labute approximate surface area is 177 Å². The van der Waals surface area contributed by atoms with E-state index < -0.39 is 0 Å². The van der Waals surface area contributed by atoms with Crippen LogP contribution in [0.2, 0.25) is 0 Å². The van der Waals surface area contributed by atoms with Gasteiger partial charge in [0.2, 0.25) is 5.91 Å². The zero-order chi connectivity index (χ0) is 19.8. The van der Waals surface area contributed by atoms with Gasteiger partial charge in [0, 0.05) is 55.6 Å². The van der Waals surface area contributed by atoms with Crippen molar-refractivity contribution in [2.45, 2.75) is 38.1 Å². The van der Waals surface area contributed by atoms with Crippen LogP contribution in [0, 0.1) is 5.92 Å². The largest absolute Gasteiger partial charge is 0.366 e. The Hall–Kier alpha value is -2.48. The molecular weight excluding hydrogens is 432 g/mol. The molecule has 1 aliphatic carbocycles. The first kappa shape index (κ1) is 18.5. The highest BCUT2D eigenvalue weighted by Gasteiger charge is 2.35. The van der Waals surface area contributed by atoms with E-state index in [1.807, 2.05) is 27.7 Å². The summed E-state index contributed by atoms with van der Waals surface area (Å²) in [6.45, 7) is 2.32. The van der Waals surface area contributed by atoms with Crippen LogP contribution in [0.3, 0.4) is 0 Å². The number of piperidine rings is 1. The average Bonchev–Trinajstić information content (AvgIpc) is 3.55. The van der Waals surface area contributed by atoms with Crippen molar-refractivity contribution in [1.82, 2.24) is 24.5 Å². The Balaban J connectivity index is 1.36. The summed E-state index contributed by atoms with van der Waals surface area (Å²) in [6.07, 6.45) is 9.45. The second-order valence-electron chi connectivity index (χ2n) is 7.88. The highest BCUT2D eigenvalue weighted by atomic mass is 79.9. The summed E-state index contributed by atoms with van der Waals surface area (Å²) in [5.41, 5.74) is 2.98. The van der Waals surface area contributed by atoms with E-state index in [2.05, 4.69) is 37.4 Å². The summed E-state index contributed by atoms with van der Waals surface area (Å²) in [7, 11) is 0. The lowest BCUT2D eigenvalue weighted by atomic mass is 9.93. The van der Waals surface area contributed by atoms with Crippen molar-refractivity contribution < 1.29 is 4.79 Å². The molecule has 1 aliphatic heterocycles. The van der Waals surface area contributed by atoms with E-state index in [-0.39, 0.29) is 0 Å².